The fourth-order valence-electron chi connectivity index (χ4n) is 9.66. The van der Waals surface area contributed by atoms with E-state index in [1.807, 2.05) is 11.8 Å². The van der Waals surface area contributed by atoms with Crippen molar-refractivity contribution in [2.75, 3.05) is 0 Å². The van der Waals surface area contributed by atoms with Gasteiger partial charge in [0, 0.05) is 41.4 Å². The fourth-order valence-corrected chi connectivity index (χ4v) is 18.6. The molecule has 1 aromatic heterocycles. The van der Waals surface area contributed by atoms with Crippen molar-refractivity contribution in [2.45, 2.75) is 51.5 Å². The van der Waals surface area contributed by atoms with Gasteiger partial charge < -0.3 is 4.57 Å². The van der Waals surface area contributed by atoms with Gasteiger partial charge in [-0.3, -0.25) is 0 Å². The number of thioether (sulfide) groups is 1. The second-order valence-corrected chi connectivity index (χ2v) is 21.3. The molecule has 1 aliphatic carbocycles. The molecule has 0 N–H and O–H groups in total. The van der Waals surface area contributed by atoms with Crippen molar-refractivity contribution in [3.63, 3.8) is 0 Å². The molecular formula is C48H36ClNS2Si. The second kappa shape index (κ2) is 12.6. The Balaban J connectivity index is 1.05. The number of halogens is 1. The topological polar surface area (TPSA) is 4.93 Å². The van der Waals surface area contributed by atoms with Crippen LogP contribution in [0.15, 0.2) is 172 Å². The number of nitrogens with zero attached hydrogens (tertiary/aromatic N) is 1. The maximum Gasteiger partial charge on any atom is 0.181 e. The summed E-state index contributed by atoms with van der Waals surface area (Å²) in [5.74, 6) is 0.705. The van der Waals surface area contributed by atoms with Crippen LogP contribution in [0.5, 0.6) is 0 Å². The molecule has 0 radical (unpaired) electrons. The number of aromatic nitrogens is 1. The molecule has 53 heavy (non-hydrogen) atoms. The summed E-state index contributed by atoms with van der Waals surface area (Å²) < 4.78 is 2.39. The summed E-state index contributed by atoms with van der Waals surface area (Å²) in [6.07, 6.45) is 5.38. The monoisotopic (exact) mass is 753 g/mol. The van der Waals surface area contributed by atoms with Crippen LogP contribution in [0.25, 0.3) is 38.6 Å². The summed E-state index contributed by atoms with van der Waals surface area (Å²) in [5.41, 5.74) is 7.68. The van der Waals surface area contributed by atoms with Crippen LogP contribution >= 0.6 is 35.1 Å². The van der Waals surface area contributed by atoms with Gasteiger partial charge in [0.25, 0.3) is 0 Å². The lowest BCUT2D eigenvalue weighted by Gasteiger charge is -2.40. The molecule has 0 saturated heterocycles. The Bertz CT molecular complexity index is 2660. The summed E-state index contributed by atoms with van der Waals surface area (Å²) in [7, 11) is -2.71. The zero-order chi connectivity index (χ0) is 35.1. The van der Waals surface area contributed by atoms with E-state index in [0.29, 0.717) is 5.92 Å². The van der Waals surface area contributed by atoms with Crippen molar-refractivity contribution in [2.24, 2.45) is 0 Å². The Hall–Kier alpha value is -4.45. The Morgan fingerprint density at radius 3 is 1.96 bits per heavy atom. The van der Waals surface area contributed by atoms with Crippen molar-refractivity contribution < 1.29 is 0 Å². The number of para-hydroxylation sites is 2. The Labute approximate surface area is 325 Å². The number of fused-ring (bicyclic) bond motifs is 8. The number of rotatable bonds is 4. The van der Waals surface area contributed by atoms with Crippen LogP contribution in [0, 0.1) is 0 Å². The van der Waals surface area contributed by atoms with Gasteiger partial charge in [0.15, 0.2) is 8.07 Å². The summed E-state index contributed by atoms with van der Waals surface area (Å²) >= 11 is 10.7. The Morgan fingerprint density at radius 2 is 1.19 bits per heavy atom. The largest absolute Gasteiger partial charge is 0.309 e. The predicted octanol–water partition coefficient (Wildman–Crippen LogP) is 11.1. The molecule has 0 bridgehead atoms. The van der Waals surface area contributed by atoms with Crippen molar-refractivity contribution in [1.82, 2.24) is 4.57 Å². The molecule has 3 heterocycles. The van der Waals surface area contributed by atoms with Gasteiger partial charge in [-0.2, -0.15) is 0 Å². The lowest BCUT2D eigenvalue weighted by molar-refractivity contribution is 0.461. The van der Waals surface area contributed by atoms with E-state index in [0.717, 1.165) is 10.3 Å². The lowest BCUT2D eigenvalue weighted by Crippen LogP contribution is -2.76. The van der Waals surface area contributed by atoms with E-state index in [9.17, 15) is 0 Å². The highest BCUT2D eigenvalue weighted by Gasteiger charge is 2.48. The smallest absolute Gasteiger partial charge is 0.181 e. The highest BCUT2D eigenvalue weighted by atomic mass is 35.5. The van der Waals surface area contributed by atoms with Crippen molar-refractivity contribution >= 4 is 85.8 Å². The van der Waals surface area contributed by atoms with Gasteiger partial charge in [0.05, 0.1) is 11.0 Å². The highest BCUT2D eigenvalue weighted by Crippen LogP contribution is 2.51. The van der Waals surface area contributed by atoms with Crippen LogP contribution in [0.1, 0.15) is 37.2 Å². The summed E-state index contributed by atoms with van der Waals surface area (Å²) in [4.78, 5) is 4.15. The summed E-state index contributed by atoms with van der Waals surface area (Å²) in [5, 5.41) is 9.90. The van der Waals surface area contributed by atoms with E-state index >= 15 is 0 Å². The van der Waals surface area contributed by atoms with Crippen LogP contribution in [0.3, 0.4) is 0 Å². The van der Waals surface area contributed by atoms with Crippen LogP contribution in [0.2, 0.25) is 5.02 Å². The van der Waals surface area contributed by atoms with Gasteiger partial charge in [0.2, 0.25) is 0 Å². The van der Waals surface area contributed by atoms with Crippen molar-refractivity contribution in [3.05, 3.63) is 168 Å². The van der Waals surface area contributed by atoms with Crippen molar-refractivity contribution in [3.8, 4) is 16.8 Å². The number of hydrogen-bond acceptors (Lipinski definition) is 2. The van der Waals surface area contributed by atoms with Gasteiger partial charge in [-0.25, -0.2) is 0 Å². The molecule has 7 aromatic carbocycles. The lowest BCUT2D eigenvalue weighted by atomic mass is 9.84. The third kappa shape index (κ3) is 4.92. The molecule has 256 valence electrons. The molecule has 2 aliphatic heterocycles. The SMILES string of the molecule is Clc1ccc2c(c1)Sc1ccccc1[Si]2(c1ccc(-c2ccc(-n3c4ccccc4c4ccccc43)cc2)cc1)c1ccc2c(c1)SC1CCCCC21. The molecular weight excluding hydrogens is 718 g/mol. The van der Waals surface area contributed by atoms with Crippen LogP contribution < -0.4 is 20.7 Å². The highest BCUT2D eigenvalue weighted by molar-refractivity contribution is 8.00. The van der Waals surface area contributed by atoms with Crippen LogP contribution in [-0.4, -0.2) is 17.9 Å². The number of benzene rings is 7. The van der Waals surface area contributed by atoms with Gasteiger partial charge >= 0.3 is 0 Å². The average Bonchev–Trinajstić information content (AvgIpc) is 3.75. The van der Waals surface area contributed by atoms with E-state index in [1.54, 1.807) is 5.56 Å². The third-order valence-electron chi connectivity index (χ3n) is 12.0. The first kappa shape index (κ1) is 32.0. The normalized spacial score (nSPS) is 20.2. The van der Waals surface area contributed by atoms with E-state index in [4.69, 9.17) is 11.6 Å². The zero-order valence-electron chi connectivity index (χ0n) is 29.1. The predicted molar refractivity (Wildman–Crippen MR) is 230 cm³/mol. The molecule has 0 spiro atoms. The first-order valence-corrected chi connectivity index (χ1v) is 22.8. The van der Waals surface area contributed by atoms with Gasteiger partial charge in [0.1, 0.15) is 0 Å². The molecule has 1 saturated carbocycles. The minimum atomic E-state index is -2.71. The summed E-state index contributed by atoms with van der Waals surface area (Å²) in [6.45, 7) is 0. The first-order valence-electron chi connectivity index (χ1n) is 18.7. The molecule has 3 aliphatic rings. The molecule has 3 atom stereocenters. The fraction of sp³-hybridized carbons (Fsp3) is 0.125. The summed E-state index contributed by atoms with van der Waals surface area (Å²) in [6, 6.07) is 59.6. The molecule has 0 amide bonds. The molecule has 1 nitrogen and oxygen atoms in total. The minimum Gasteiger partial charge on any atom is -0.309 e. The molecule has 5 heteroatoms. The minimum absolute atomic E-state index is 0.705. The Morgan fingerprint density at radius 1 is 0.547 bits per heavy atom. The molecule has 1 fully saturated rings. The quantitative estimate of drug-likeness (QED) is 0.165. The van der Waals surface area contributed by atoms with Gasteiger partial charge in [-0.1, -0.05) is 145 Å². The number of hydrogen-bond donors (Lipinski definition) is 0. The van der Waals surface area contributed by atoms with E-state index in [1.165, 1.54) is 99.7 Å². The van der Waals surface area contributed by atoms with E-state index in [2.05, 4.69) is 174 Å². The maximum atomic E-state index is 6.72. The van der Waals surface area contributed by atoms with Crippen LogP contribution in [-0.2, 0) is 0 Å². The molecule has 8 aromatic rings. The van der Waals surface area contributed by atoms with E-state index < -0.39 is 8.07 Å². The van der Waals surface area contributed by atoms with Gasteiger partial charge in [-0.05, 0) is 105 Å². The van der Waals surface area contributed by atoms with Crippen LogP contribution in [0.4, 0.5) is 0 Å². The average molecular weight is 754 g/mol. The Kier molecular flexibility index (Phi) is 7.59. The van der Waals surface area contributed by atoms with Crippen molar-refractivity contribution in [1.29, 1.82) is 0 Å². The van der Waals surface area contributed by atoms with E-state index in [-0.39, 0.29) is 0 Å². The third-order valence-corrected chi connectivity index (χ3v) is 20.1. The second-order valence-electron chi connectivity index (χ2n) is 14.8. The maximum absolute atomic E-state index is 6.72. The first-order chi connectivity index (χ1) is 26.2. The molecule has 3 unspecified atom stereocenters. The zero-order valence-corrected chi connectivity index (χ0v) is 32.5. The van der Waals surface area contributed by atoms with Gasteiger partial charge in [-0.15, -0.1) is 11.8 Å². The molecule has 11 rings (SSSR count). The standard InChI is InChI=1S/C48H36ClNS2Si/c49-33-21-28-48-46(29-33)52-44-15-7-8-16-47(44)53(48,36-26-27-40-39-11-3-6-14-43(39)51-45(40)30-36)35-24-19-32(20-25-35)31-17-22-34(23-18-31)50-41-12-4-1-9-37(41)38-10-2-5-13-42(38)50/h1-2,4-5,7-10,12-13,15-30,39,43H,3,6,11,14H2.